The van der Waals surface area contributed by atoms with Crippen LogP contribution in [-0.4, -0.2) is 11.5 Å². The van der Waals surface area contributed by atoms with Gasteiger partial charge in [0.05, 0.1) is 15.8 Å². The Kier molecular flexibility index (Phi) is 4.05. The maximum absolute atomic E-state index is 11.3. The van der Waals surface area contributed by atoms with Gasteiger partial charge in [0.15, 0.2) is 0 Å². The van der Waals surface area contributed by atoms with Crippen LogP contribution in [-0.2, 0) is 4.79 Å². The molecule has 0 unspecified atom stereocenters. The summed E-state index contributed by atoms with van der Waals surface area (Å²) in [5.74, 6) is -0.364. The van der Waals surface area contributed by atoms with Crippen molar-refractivity contribution in [1.82, 2.24) is 0 Å². The van der Waals surface area contributed by atoms with E-state index in [-0.39, 0.29) is 15.8 Å². The number of nitrogens with zero attached hydrogens (tertiary/aromatic N) is 1. The molecule has 0 heterocycles. The number of allylic oxidation sites excluding steroid dienone is 4. The molecule has 0 fully saturated rings. The van der Waals surface area contributed by atoms with Crippen molar-refractivity contribution in [2.45, 2.75) is 4.90 Å². The molecule has 1 aromatic carbocycles. The highest BCUT2D eigenvalue weighted by atomic mass is 35.5. The van der Waals surface area contributed by atoms with Crippen LogP contribution in [0, 0.1) is 0 Å². The summed E-state index contributed by atoms with van der Waals surface area (Å²) >= 11 is 12.8. The Morgan fingerprint density at radius 1 is 1.00 bits per heavy atom. The number of hydrogen-bond acceptors (Lipinski definition) is 3. The van der Waals surface area contributed by atoms with Gasteiger partial charge < -0.3 is 0 Å². The maximum atomic E-state index is 11.3. The van der Waals surface area contributed by atoms with Crippen LogP contribution in [0.25, 0.3) is 0 Å². The number of rotatable bonds is 2. The number of benzene rings is 1. The maximum Gasteiger partial charge on any atom is 0.215 e. The number of halogens is 2. The fourth-order valence-corrected chi connectivity index (χ4v) is 2.26. The predicted octanol–water partition coefficient (Wildman–Crippen LogP) is 3.96. The highest BCUT2D eigenvalue weighted by molar-refractivity contribution is 7.98. The molecule has 0 spiro atoms. The minimum absolute atomic E-state index is 0.0879. The smallest absolute Gasteiger partial charge is 0.215 e. The van der Waals surface area contributed by atoms with Gasteiger partial charge in [0.1, 0.15) is 0 Å². The number of carbonyl (C=O) groups is 1. The fourth-order valence-electron chi connectivity index (χ4n) is 1.19. The summed E-state index contributed by atoms with van der Waals surface area (Å²) in [6.45, 7) is 0. The van der Waals surface area contributed by atoms with Crippen LogP contribution >= 0.6 is 35.1 Å². The summed E-state index contributed by atoms with van der Waals surface area (Å²) < 4.78 is 4.25. The summed E-state index contributed by atoms with van der Waals surface area (Å²) in [6, 6.07) is 9.68. The van der Waals surface area contributed by atoms with E-state index in [9.17, 15) is 4.79 Å². The lowest BCUT2D eigenvalue weighted by Crippen LogP contribution is -2.07. The van der Waals surface area contributed by atoms with E-state index in [1.54, 1.807) is 0 Å². The molecular weight excluding hydrogens is 277 g/mol. The Bertz CT molecular complexity index is 511. The van der Waals surface area contributed by atoms with Gasteiger partial charge in [-0.3, -0.25) is 4.79 Å². The van der Waals surface area contributed by atoms with Gasteiger partial charge in [-0.25, -0.2) is 4.40 Å². The molecule has 1 aromatic rings. The first-order valence-corrected chi connectivity index (χ1v) is 6.29. The van der Waals surface area contributed by atoms with Crippen LogP contribution in [0.3, 0.4) is 0 Å². The summed E-state index contributed by atoms with van der Waals surface area (Å²) in [7, 11) is 0. The highest BCUT2D eigenvalue weighted by Crippen LogP contribution is 2.23. The molecule has 0 amide bonds. The van der Waals surface area contributed by atoms with Crippen molar-refractivity contribution in [3.63, 3.8) is 0 Å². The van der Waals surface area contributed by atoms with E-state index in [4.69, 9.17) is 23.2 Å². The first kappa shape index (κ1) is 12.4. The van der Waals surface area contributed by atoms with E-state index >= 15 is 0 Å². The molecule has 0 N–H and O–H groups in total. The molecule has 1 aliphatic carbocycles. The predicted molar refractivity (Wildman–Crippen MR) is 72.6 cm³/mol. The van der Waals surface area contributed by atoms with Crippen molar-refractivity contribution in [1.29, 1.82) is 0 Å². The summed E-state index contributed by atoms with van der Waals surface area (Å²) in [4.78, 5) is 12.3. The normalized spacial score (nSPS) is 15.4. The van der Waals surface area contributed by atoms with Gasteiger partial charge in [-0.2, -0.15) is 0 Å². The van der Waals surface area contributed by atoms with E-state index in [0.717, 1.165) is 4.90 Å². The third kappa shape index (κ3) is 3.22. The minimum Gasteiger partial charge on any atom is -0.287 e. The number of hydrogen-bond donors (Lipinski definition) is 0. The van der Waals surface area contributed by atoms with Gasteiger partial charge in [-0.15, -0.1) is 0 Å². The largest absolute Gasteiger partial charge is 0.287 e. The fraction of sp³-hybridized carbons (Fsp3) is 0. The number of carbonyl (C=O) groups excluding carboxylic acids is 1. The molecule has 0 aliphatic heterocycles. The van der Waals surface area contributed by atoms with E-state index in [2.05, 4.69) is 4.40 Å². The Labute approximate surface area is 113 Å². The summed E-state index contributed by atoms with van der Waals surface area (Å²) in [5, 5.41) is 0.176. The third-order valence-corrected chi connectivity index (χ3v) is 3.33. The molecule has 0 radical (unpaired) electrons. The quantitative estimate of drug-likeness (QED) is 0.607. The Hall–Kier alpha value is -1.03. The average molecular weight is 284 g/mol. The lowest BCUT2D eigenvalue weighted by atomic mass is 10.1. The number of Topliss-reactive ketones (excluding diaryl/α,β-unsaturated/α-hetero) is 1. The summed E-state index contributed by atoms with van der Waals surface area (Å²) in [5.41, 5.74) is 0.577. The van der Waals surface area contributed by atoms with Crippen molar-refractivity contribution in [2.75, 3.05) is 0 Å². The lowest BCUT2D eigenvalue weighted by molar-refractivity contribution is -0.111. The molecule has 0 saturated heterocycles. The van der Waals surface area contributed by atoms with Crippen molar-refractivity contribution in [3.05, 3.63) is 52.5 Å². The van der Waals surface area contributed by atoms with Crippen LogP contribution in [0.4, 0.5) is 0 Å². The van der Waals surface area contributed by atoms with Crippen molar-refractivity contribution < 1.29 is 4.79 Å². The summed E-state index contributed by atoms with van der Waals surface area (Å²) in [6.07, 6.45) is 3.01. The Morgan fingerprint density at radius 2 is 1.59 bits per heavy atom. The van der Waals surface area contributed by atoms with E-state index in [0.29, 0.717) is 5.71 Å². The standard InChI is InChI=1S/C12H7Cl2NOS/c13-10-6-8(7-11(14)12(10)16)15-17-9-4-2-1-3-5-9/h1-7H. The second-order valence-electron chi connectivity index (χ2n) is 3.23. The van der Waals surface area contributed by atoms with Crippen LogP contribution < -0.4 is 0 Å². The van der Waals surface area contributed by atoms with Crippen LogP contribution in [0.1, 0.15) is 0 Å². The van der Waals surface area contributed by atoms with Gasteiger partial charge in [0, 0.05) is 16.8 Å². The molecule has 2 nitrogen and oxygen atoms in total. The zero-order chi connectivity index (χ0) is 12.3. The van der Waals surface area contributed by atoms with E-state index < -0.39 is 0 Å². The second-order valence-corrected chi connectivity index (χ2v) is 4.89. The Balaban J connectivity index is 2.16. The average Bonchev–Trinajstić information content (AvgIpc) is 2.34. The van der Waals surface area contributed by atoms with Gasteiger partial charge >= 0.3 is 0 Å². The first-order valence-electron chi connectivity index (χ1n) is 4.76. The zero-order valence-electron chi connectivity index (χ0n) is 8.56. The van der Waals surface area contributed by atoms with Crippen molar-refractivity contribution >= 4 is 46.6 Å². The van der Waals surface area contributed by atoms with Crippen LogP contribution in [0.2, 0.25) is 0 Å². The number of ketones is 1. The molecule has 86 valence electrons. The molecule has 5 heteroatoms. The monoisotopic (exact) mass is 283 g/mol. The molecular formula is C12H7Cl2NOS. The topological polar surface area (TPSA) is 29.4 Å². The molecule has 1 aliphatic rings. The van der Waals surface area contributed by atoms with Gasteiger partial charge in [0.2, 0.25) is 5.78 Å². The molecule has 0 bridgehead atoms. The molecule has 0 atom stereocenters. The van der Waals surface area contributed by atoms with Crippen LogP contribution in [0.5, 0.6) is 0 Å². The molecule has 0 aromatic heterocycles. The second kappa shape index (κ2) is 5.54. The third-order valence-electron chi connectivity index (χ3n) is 1.98. The molecule has 17 heavy (non-hydrogen) atoms. The highest BCUT2D eigenvalue weighted by Gasteiger charge is 2.17. The van der Waals surface area contributed by atoms with E-state index in [1.807, 2.05) is 30.3 Å². The lowest BCUT2D eigenvalue weighted by Gasteiger charge is -2.05. The van der Waals surface area contributed by atoms with Crippen molar-refractivity contribution in [3.8, 4) is 0 Å². The first-order chi connectivity index (χ1) is 8.16. The van der Waals surface area contributed by atoms with Crippen LogP contribution in [0.15, 0.2) is 61.8 Å². The van der Waals surface area contributed by atoms with E-state index in [1.165, 1.54) is 24.1 Å². The SMILES string of the molecule is O=C1C(Cl)=CC(=NSc2ccccc2)C=C1Cl. The van der Waals surface area contributed by atoms with Gasteiger partial charge in [0.25, 0.3) is 0 Å². The van der Waals surface area contributed by atoms with Gasteiger partial charge in [-0.1, -0.05) is 41.4 Å². The van der Waals surface area contributed by atoms with Gasteiger partial charge in [-0.05, 0) is 24.3 Å². The minimum atomic E-state index is -0.364. The zero-order valence-corrected chi connectivity index (χ0v) is 10.9. The Morgan fingerprint density at radius 3 is 2.18 bits per heavy atom. The molecule has 0 saturated carbocycles. The molecule has 2 rings (SSSR count). The van der Waals surface area contributed by atoms with Crippen molar-refractivity contribution in [2.24, 2.45) is 4.40 Å².